The number of nitro groups is 1. The van der Waals surface area contributed by atoms with E-state index in [1.807, 2.05) is 15.5 Å². The molecule has 2 aromatic rings. The molecule has 2 aliphatic heterocycles. The third kappa shape index (κ3) is 2.13. The molecule has 0 amide bonds. The summed E-state index contributed by atoms with van der Waals surface area (Å²) >= 11 is 0. The van der Waals surface area contributed by atoms with E-state index in [9.17, 15) is 14.9 Å². The Morgan fingerprint density at radius 2 is 2.13 bits per heavy atom. The van der Waals surface area contributed by atoms with Gasteiger partial charge in [-0.3, -0.25) is 9.36 Å². The van der Waals surface area contributed by atoms with E-state index in [0.717, 1.165) is 12.1 Å². The van der Waals surface area contributed by atoms with Gasteiger partial charge in [-0.2, -0.15) is 0 Å². The van der Waals surface area contributed by atoms with Gasteiger partial charge in [-0.05, 0) is 28.3 Å². The fourth-order valence-electron chi connectivity index (χ4n) is 3.97. The number of aromatic nitrogens is 3. The van der Waals surface area contributed by atoms with Crippen molar-refractivity contribution in [3.63, 3.8) is 0 Å². The average molecular weight is 315 g/mol. The maximum absolute atomic E-state index is 12.0. The predicted octanol–water partition coefficient (Wildman–Crippen LogP) is 1.11. The van der Waals surface area contributed by atoms with E-state index in [4.69, 9.17) is 0 Å². The van der Waals surface area contributed by atoms with E-state index < -0.39 is 4.92 Å². The van der Waals surface area contributed by atoms with Crippen molar-refractivity contribution in [2.45, 2.75) is 18.9 Å². The lowest BCUT2D eigenvalue weighted by Crippen LogP contribution is -2.47. The van der Waals surface area contributed by atoms with Gasteiger partial charge in [0.1, 0.15) is 0 Å². The average Bonchev–Trinajstić information content (AvgIpc) is 2.90. The topological polar surface area (TPSA) is 86.2 Å². The first-order chi connectivity index (χ1) is 11.0. The van der Waals surface area contributed by atoms with Crippen molar-refractivity contribution in [3.8, 4) is 0 Å². The minimum Gasteiger partial charge on any atom is -0.358 e. The third-order valence-corrected chi connectivity index (χ3v) is 4.84. The van der Waals surface area contributed by atoms with Crippen LogP contribution >= 0.6 is 0 Å². The number of pyridine rings is 1. The number of anilines is 1. The molecule has 0 spiro atoms. The van der Waals surface area contributed by atoms with Crippen molar-refractivity contribution in [2.75, 3.05) is 18.0 Å². The van der Waals surface area contributed by atoms with Gasteiger partial charge < -0.3 is 19.6 Å². The first kappa shape index (κ1) is 14.0. The highest BCUT2D eigenvalue weighted by atomic mass is 16.6. The molecule has 0 radical (unpaired) electrons. The number of rotatable bonds is 2. The molecule has 2 aromatic heterocycles. The molecule has 23 heavy (non-hydrogen) atoms. The molecule has 1 fully saturated rings. The summed E-state index contributed by atoms with van der Waals surface area (Å²) in [6.07, 6.45) is 2.50. The number of hydrogen-bond donors (Lipinski definition) is 0. The summed E-state index contributed by atoms with van der Waals surface area (Å²) in [6, 6.07) is 5.37. The Kier molecular flexibility index (Phi) is 3.00. The Morgan fingerprint density at radius 3 is 2.91 bits per heavy atom. The van der Waals surface area contributed by atoms with Gasteiger partial charge in [-0.15, -0.1) is 0 Å². The highest BCUT2D eigenvalue weighted by Crippen LogP contribution is 2.38. The molecule has 0 N–H and O–H groups in total. The summed E-state index contributed by atoms with van der Waals surface area (Å²) in [5.74, 6) is 0.983. The minimum atomic E-state index is -0.432. The number of imidazole rings is 1. The molecule has 0 aliphatic carbocycles. The molecule has 4 rings (SSSR count). The van der Waals surface area contributed by atoms with Gasteiger partial charge in [-0.25, -0.2) is 0 Å². The molecule has 2 unspecified atom stereocenters. The number of fused-ring (bicyclic) bond motifs is 4. The van der Waals surface area contributed by atoms with Gasteiger partial charge in [0.25, 0.3) is 5.56 Å². The van der Waals surface area contributed by atoms with Crippen molar-refractivity contribution in [1.29, 1.82) is 0 Å². The summed E-state index contributed by atoms with van der Waals surface area (Å²) in [5.41, 5.74) is 1.07. The van der Waals surface area contributed by atoms with E-state index in [2.05, 4.69) is 4.98 Å². The number of hydrogen-bond acceptors (Lipinski definition) is 5. The summed E-state index contributed by atoms with van der Waals surface area (Å²) in [7, 11) is 1.78. The summed E-state index contributed by atoms with van der Waals surface area (Å²) in [4.78, 5) is 28.8. The van der Waals surface area contributed by atoms with Crippen LogP contribution in [0.2, 0.25) is 0 Å². The Labute approximate surface area is 132 Å². The quantitative estimate of drug-likeness (QED) is 0.612. The van der Waals surface area contributed by atoms with Gasteiger partial charge in [0, 0.05) is 44.4 Å². The van der Waals surface area contributed by atoms with Crippen LogP contribution in [-0.2, 0) is 13.6 Å². The van der Waals surface area contributed by atoms with E-state index in [-0.39, 0.29) is 17.3 Å². The van der Waals surface area contributed by atoms with Crippen molar-refractivity contribution < 1.29 is 4.92 Å². The molecule has 8 heteroatoms. The number of piperidine rings is 1. The summed E-state index contributed by atoms with van der Waals surface area (Å²) in [5, 5.41) is 11.2. The van der Waals surface area contributed by atoms with Crippen molar-refractivity contribution >= 4 is 11.6 Å². The largest absolute Gasteiger partial charge is 0.406 e. The number of aryl methyl sites for hydroxylation is 1. The van der Waals surface area contributed by atoms with Gasteiger partial charge in [-0.1, -0.05) is 6.07 Å². The lowest BCUT2D eigenvalue weighted by atomic mass is 9.83. The van der Waals surface area contributed by atoms with Gasteiger partial charge in [0.2, 0.25) is 12.1 Å². The maximum Gasteiger partial charge on any atom is 0.406 e. The molecule has 0 aromatic carbocycles. The lowest BCUT2D eigenvalue weighted by Gasteiger charge is -2.43. The van der Waals surface area contributed by atoms with Crippen LogP contribution in [0.15, 0.2) is 29.3 Å². The second-order valence-corrected chi connectivity index (χ2v) is 6.36. The Morgan fingerprint density at radius 1 is 1.30 bits per heavy atom. The standard InChI is InChI=1S/C15H17N5O3/c1-17-9-16-14(20(22)23)15(17)18-6-10-5-11(8-18)12-3-2-4-13(21)19(12)7-10/h2-4,9-11H,5-8H2,1H3. The second-order valence-electron chi connectivity index (χ2n) is 6.36. The Hall–Kier alpha value is -2.64. The van der Waals surface area contributed by atoms with Crippen LogP contribution in [-0.4, -0.2) is 32.1 Å². The maximum atomic E-state index is 12.0. The Balaban J connectivity index is 1.73. The van der Waals surface area contributed by atoms with Gasteiger partial charge in [0.15, 0.2) is 0 Å². The van der Waals surface area contributed by atoms with Crippen molar-refractivity contribution in [3.05, 3.63) is 50.7 Å². The minimum absolute atomic E-state index is 0.0390. The predicted molar refractivity (Wildman–Crippen MR) is 83.6 cm³/mol. The summed E-state index contributed by atoms with van der Waals surface area (Å²) in [6.45, 7) is 2.05. The van der Waals surface area contributed by atoms with Crippen LogP contribution in [0.5, 0.6) is 0 Å². The van der Waals surface area contributed by atoms with Crippen molar-refractivity contribution in [2.24, 2.45) is 13.0 Å². The molecule has 8 nitrogen and oxygen atoms in total. The van der Waals surface area contributed by atoms with Crippen LogP contribution in [0.3, 0.4) is 0 Å². The van der Waals surface area contributed by atoms with E-state index >= 15 is 0 Å². The van der Waals surface area contributed by atoms with Crippen LogP contribution in [0.25, 0.3) is 0 Å². The van der Waals surface area contributed by atoms with Crippen LogP contribution in [0.4, 0.5) is 11.6 Å². The Bertz CT molecular complexity index is 840. The fraction of sp³-hybridized carbons (Fsp3) is 0.467. The zero-order valence-electron chi connectivity index (χ0n) is 12.8. The molecule has 1 saturated heterocycles. The molecule has 120 valence electrons. The van der Waals surface area contributed by atoms with Crippen molar-refractivity contribution in [1.82, 2.24) is 14.1 Å². The summed E-state index contributed by atoms with van der Waals surface area (Å²) < 4.78 is 3.56. The highest BCUT2D eigenvalue weighted by Gasteiger charge is 2.38. The third-order valence-electron chi connectivity index (χ3n) is 4.84. The van der Waals surface area contributed by atoms with E-state index in [0.29, 0.717) is 31.4 Å². The van der Waals surface area contributed by atoms with Crippen LogP contribution in [0, 0.1) is 16.0 Å². The van der Waals surface area contributed by atoms with Gasteiger partial charge in [0.05, 0.1) is 0 Å². The second kappa shape index (κ2) is 4.94. The first-order valence-corrected chi connectivity index (χ1v) is 7.65. The zero-order chi connectivity index (χ0) is 16.1. The van der Waals surface area contributed by atoms with E-state index in [1.165, 1.54) is 6.33 Å². The molecule has 0 saturated carbocycles. The normalized spacial score (nSPS) is 22.7. The fourth-order valence-corrected chi connectivity index (χ4v) is 3.97. The molecule has 2 bridgehead atoms. The zero-order valence-corrected chi connectivity index (χ0v) is 12.8. The molecular weight excluding hydrogens is 298 g/mol. The highest BCUT2D eigenvalue weighted by molar-refractivity contribution is 5.55. The van der Waals surface area contributed by atoms with Crippen LogP contribution < -0.4 is 10.5 Å². The molecule has 4 heterocycles. The lowest BCUT2D eigenvalue weighted by molar-refractivity contribution is -0.388. The first-order valence-electron chi connectivity index (χ1n) is 7.65. The van der Waals surface area contributed by atoms with Gasteiger partial charge >= 0.3 is 5.82 Å². The molecule has 2 atom stereocenters. The SMILES string of the molecule is Cn1cnc([N+](=O)[O-])c1N1CC2CC(C1)c1cccc(=O)n1C2. The smallest absolute Gasteiger partial charge is 0.358 e. The molecule has 2 aliphatic rings. The van der Waals surface area contributed by atoms with Crippen LogP contribution in [0.1, 0.15) is 18.0 Å². The van der Waals surface area contributed by atoms with E-state index in [1.54, 1.807) is 23.7 Å². The monoisotopic (exact) mass is 315 g/mol. The molecular formula is C15H17N5O3. The number of nitrogens with zero attached hydrogens (tertiary/aromatic N) is 5.